The van der Waals surface area contributed by atoms with Gasteiger partial charge in [0.2, 0.25) is 5.91 Å². The zero-order valence-corrected chi connectivity index (χ0v) is 10.4. The van der Waals surface area contributed by atoms with Crippen molar-refractivity contribution in [1.82, 2.24) is 10.6 Å². The summed E-state index contributed by atoms with van der Waals surface area (Å²) >= 11 is 0. The van der Waals surface area contributed by atoms with Crippen molar-refractivity contribution in [3.05, 3.63) is 23.8 Å². The lowest BCUT2D eigenvalue weighted by Crippen LogP contribution is -2.36. The van der Waals surface area contributed by atoms with Crippen molar-refractivity contribution in [3.63, 3.8) is 0 Å². The summed E-state index contributed by atoms with van der Waals surface area (Å²) in [6.07, 6.45) is 0. The van der Waals surface area contributed by atoms with Crippen LogP contribution in [-0.2, 0) is 4.79 Å². The molecule has 0 spiro atoms. The highest BCUT2D eigenvalue weighted by molar-refractivity contribution is 5.97. The van der Waals surface area contributed by atoms with Gasteiger partial charge in [0.05, 0.1) is 13.7 Å². The first-order valence-electron chi connectivity index (χ1n) is 5.56. The zero-order valence-electron chi connectivity index (χ0n) is 10.4. The largest absolute Gasteiger partial charge is 0.497 e. The fraction of sp³-hybridized carbons (Fsp3) is 0.333. The third-order valence-electron chi connectivity index (χ3n) is 2.21. The van der Waals surface area contributed by atoms with E-state index >= 15 is 0 Å². The lowest BCUT2D eigenvalue weighted by atomic mass is 10.1. The number of nitrogen functional groups attached to an aromatic ring is 1. The number of ether oxygens (including phenoxy) is 1. The molecule has 98 valence electrons. The Labute approximate surface area is 105 Å². The Bertz CT molecular complexity index is 446. The molecule has 0 aliphatic carbocycles. The average molecular weight is 251 g/mol. The van der Waals surface area contributed by atoms with E-state index in [2.05, 4.69) is 10.6 Å². The number of carbonyl (C=O) groups is 2. The summed E-state index contributed by atoms with van der Waals surface area (Å²) in [5, 5.41) is 5.08. The second-order valence-corrected chi connectivity index (χ2v) is 3.63. The third-order valence-corrected chi connectivity index (χ3v) is 2.21. The molecule has 0 unspecified atom stereocenters. The van der Waals surface area contributed by atoms with E-state index in [0.717, 1.165) is 0 Å². The van der Waals surface area contributed by atoms with Gasteiger partial charge in [-0.25, -0.2) is 0 Å². The van der Waals surface area contributed by atoms with Crippen molar-refractivity contribution in [1.29, 1.82) is 0 Å². The van der Waals surface area contributed by atoms with E-state index in [-0.39, 0.29) is 18.4 Å². The fourth-order valence-electron chi connectivity index (χ4n) is 1.39. The van der Waals surface area contributed by atoms with E-state index < -0.39 is 0 Å². The van der Waals surface area contributed by atoms with Gasteiger partial charge in [0, 0.05) is 23.9 Å². The van der Waals surface area contributed by atoms with E-state index in [1.54, 1.807) is 12.1 Å². The number of nitrogens with two attached hydrogens (primary N) is 1. The lowest BCUT2D eigenvalue weighted by molar-refractivity contribution is -0.120. The van der Waals surface area contributed by atoms with Crippen molar-refractivity contribution < 1.29 is 14.3 Å². The van der Waals surface area contributed by atoms with Crippen LogP contribution in [0.1, 0.15) is 17.3 Å². The molecule has 1 aromatic rings. The van der Waals surface area contributed by atoms with Crippen LogP contribution in [0.2, 0.25) is 0 Å². The van der Waals surface area contributed by atoms with Crippen molar-refractivity contribution in [2.75, 3.05) is 25.9 Å². The monoisotopic (exact) mass is 251 g/mol. The van der Waals surface area contributed by atoms with E-state index in [4.69, 9.17) is 10.5 Å². The predicted molar refractivity (Wildman–Crippen MR) is 68.4 cm³/mol. The minimum atomic E-state index is -0.369. The number of likely N-dealkylation sites (N-methyl/N-ethyl adjacent to an activating group) is 1. The number of anilines is 1. The SMILES string of the molecule is CCNC(=O)CNC(=O)c1cc(N)cc(OC)c1. The number of benzene rings is 1. The van der Waals surface area contributed by atoms with Gasteiger partial charge in [0.1, 0.15) is 5.75 Å². The molecule has 1 aromatic carbocycles. The molecular weight excluding hydrogens is 234 g/mol. The van der Waals surface area contributed by atoms with Gasteiger partial charge >= 0.3 is 0 Å². The summed E-state index contributed by atoms with van der Waals surface area (Å²) in [5.41, 5.74) is 6.42. The van der Waals surface area contributed by atoms with Gasteiger partial charge in [0.15, 0.2) is 0 Å². The highest BCUT2D eigenvalue weighted by Gasteiger charge is 2.09. The minimum Gasteiger partial charge on any atom is -0.497 e. The molecule has 18 heavy (non-hydrogen) atoms. The van der Waals surface area contributed by atoms with Crippen LogP contribution in [0, 0.1) is 0 Å². The summed E-state index contributed by atoms with van der Waals surface area (Å²) in [5.74, 6) is -0.105. The first kappa shape index (κ1) is 13.8. The topological polar surface area (TPSA) is 93.5 Å². The maximum Gasteiger partial charge on any atom is 0.251 e. The number of carbonyl (C=O) groups excluding carboxylic acids is 2. The van der Waals surface area contributed by atoms with Crippen LogP contribution < -0.4 is 21.1 Å². The van der Waals surface area contributed by atoms with E-state index in [0.29, 0.717) is 23.5 Å². The molecule has 0 bridgehead atoms. The highest BCUT2D eigenvalue weighted by atomic mass is 16.5. The Morgan fingerprint density at radius 3 is 2.61 bits per heavy atom. The number of amides is 2. The standard InChI is InChI=1S/C12H17N3O3/c1-3-14-11(16)7-15-12(17)8-4-9(13)6-10(5-8)18-2/h4-6H,3,7,13H2,1-2H3,(H,14,16)(H,15,17). The smallest absolute Gasteiger partial charge is 0.251 e. The summed E-state index contributed by atoms with van der Waals surface area (Å²) in [6.45, 7) is 2.27. The zero-order chi connectivity index (χ0) is 13.5. The maximum atomic E-state index is 11.8. The maximum absolute atomic E-state index is 11.8. The molecule has 1 rings (SSSR count). The van der Waals surface area contributed by atoms with Crippen LogP contribution in [0.3, 0.4) is 0 Å². The molecule has 0 aromatic heterocycles. The van der Waals surface area contributed by atoms with Crippen LogP contribution >= 0.6 is 0 Å². The first-order chi connectivity index (χ1) is 8.56. The van der Waals surface area contributed by atoms with Gasteiger partial charge < -0.3 is 21.1 Å². The summed E-state index contributed by atoms with van der Waals surface area (Å²) in [4.78, 5) is 23.0. The normalized spacial score (nSPS) is 9.67. The molecule has 0 fully saturated rings. The quantitative estimate of drug-likeness (QED) is 0.649. The molecule has 6 heteroatoms. The second-order valence-electron chi connectivity index (χ2n) is 3.63. The highest BCUT2D eigenvalue weighted by Crippen LogP contribution is 2.18. The molecule has 0 atom stereocenters. The van der Waals surface area contributed by atoms with E-state index in [1.165, 1.54) is 13.2 Å². The van der Waals surface area contributed by atoms with Crippen molar-refractivity contribution >= 4 is 17.5 Å². The Balaban J connectivity index is 2.66. The number of rotatable bonds is 5. The second kappa shape index (κ2) is 6.48. The predicted octanol–water partition coefficient (Wildman–Crippen LogP) is 0.143. The molecule has 0 heterocycles. The fourth-order valence-corrected chi connectivity index (χ4v) is 1.39. The molecule has 4 N–H and O–H groups in total. The molecule has 0 aliphatic rings. The summed E-state index contributed by atoms with van der Waals surface area (Å²) in [7, 11) is 1.49. The Kier molecular flexibility index (Phi) is 4.98. The van der Waals surface area contributed by atoms with Gasteiger partial charge in [-0.3, -0.25) is 9.59 Å². The van der Waals surface area contributed by atoms with Crippen molar-refractivity contribution in [3.8, 4) is 5.75 Å². The average Bonchev–Trinajstić information content (AvgIpc) is 2.35. The van der Waals surface area contributed by atoms with Gasteiger partial charge in [-0.2, -0.15) is 0 Å². The van der Waals surface area contributed by atoms with Gasteiger partial charge in [-0.15, -0.1) is 0 Å². The first-order valence-corrected chi connectivity index (χ1v) is 5.56. The molecular formula is C12H17N3O3. The van der Waals surface area contributed by atoms with Crippen molar-refractivity contribution in [2.24, 2.45) is 0 Å². The number of methoxy groups -OCH3 is 1. The lowest BCUT2D eigenvalue weighted by Gasteiger charge is -2.08. The van der Waals surface area contributed by atoms with Gasteiger partial charge in [0.25, 0.3) is 5.91 Å². The van der Waals surface area contributed by atoms with Crippen LogP contribution in [-0.4, -0.2) is 32.0 Å². The van der Waals surface area contributed by atoms with E-state index in [1.807, 2.05) is 6.92 Å². The molecule has 2 amide bonds. The third kappa shape index (κ3) is 3.97. The summed E-state index contributed by atoms with van der Waals surface area (Å²) in [6, 6.07) is 4.69. The van der Waals surface area contributed by atoms with Crippen LogP contribution in [0.4, 0.5) is 5.69 Å². The van der Waals surface area contributed by atoms with Crippen molar-refractivity contribution in [2.45, 2.75) is 6.92 Å². The van der Waals surface area contributed by atoms with Crippen LogP contribution in [0.25, 0.3) is 0 Å². The van der Waals surface area contributed by atoms with Crippen LogP contribution in [0.15, 0.2) is 18.2 Å². The number of hydrogen-bond acceptors (Lipinski definition) is 4. The van der Waals surface area contributed by atoms with Gasteiger partial charge in [-0.1, -0.05) is 0 Å². The Hall–Kier alpha value is -2.24. The van der Waals surface area contributed by atoms with Crippen LogP contribution in [0.5, 0.6) is 5.75 Å². The minimum absolute atomic E-state index is 0.0657. The Morgan fingerprint density at radius 1 is 1.28 bits per heavy atom. The molecule has 0 saturated carbocycles. The molecule has 6 nitrogen and oxygen atoms in total. The van der Waals surface area contributed by atoms with E-state index in [9.17, 15) is 9.59 Å². The summed E-state index contributed by atoms with van der Waals surface area (Å²) < 4.78 is 5.01. The van der Waals surface area contributed by atoms with Gasteiger partial charge in [-0.05, 0) is 19.1 Å². The molecule has 0 radical (unpaired) electrons. The number of nitrogens with one attached hydrogen (secondary N) is 2. The molecule has 0 aliphatic heterocycles. The molecule has 0 saturated heterocycles. The number of hydrogen-bond donors (Lipinski definition) is 3. The Morgan fingerprint density at radius 2 is 2.00 bits per heavy atom.